The summed E-state index contributed by atoms with van der Waals surface area (Å²) in [4.78, 5) is 54.8. The van der Waals surface area contributed by atoms with Crippen LogP contribution in [0.4, 0.5) is 0 Å². The quantitative estimate of drug-likeness (QED) is 0.531. The van der Waals surface area contributed by atoms with Gasteiger partial charge >= 0.3 is 5.69 Å². The van der Waals surface area contributed by atoms with Gasteiger partial charge in [0.1, 0.15) is 0 Å². The number of amides is 2. The lowest BCUT2D eigenvalue weighted by atomic mass is 10.2. The van der Waals surface area contributed by atoms with Gasteiger partial charge in [0.2, 0.25) is 11.6 Å². The highest BCUT2D eigenvalue weighted by Gasteiger charge is 2.28. The van der Waals surface area contributed by atoms with Crippen molar-refractivity contribution >= 4 is 35.0 Å². The number of carbonyl (C=O) groups is 2. The fourth-order valence-corrected chi connectivity index (χ4v) is 4.25. The maximum Gasteiger partial charge on any atom is 0.352 e. The number of aryl methyl sites for hydroxylation is 1. The van der Waals surface area contributed by atoms with Crippen LogP contribution in [0.1, 0.15) is 28.5 Å². The smallest absolute Gasteiger partial charge is 0.339 e. The Morgan fingerprint density at radius 1 is 0.971 bits per heavy atom. The first-order valence-corrected chi connectivity index (χ1v) is 11.7. The molecule has 0 atom stereocenters. The molecule has 1 aliphatic heterocycles. The fourth-order valence-electron chi connectivity index (χ4n) is 3.86. The summed E-state index contributed by atoms with van der Waals surface area (Å²) >= 11 is 12.3. The average molecular weight is 516 g/mol. The van der Waals surface area contributed by atoms with Crippen LogP contribution in [0.25, 0.3) is 5.69 Å². The molecule has 11 heteroatoms. The Labute approximate surface area is 211 Å². The number of rotatable bonds is 4. The van der Waals surface area contributed by atoms with Crippen LogP contribution in [-0.2, 0) is 11.3 Å². The van der Waals surface area contributed by atoms with Gasteiger partial charge in [-0.3, -0.25) is 19.0 Å². The van der Waals surface area contributed by atoms with E-state index in [2.05, 4.69) is 5.10 Å². The lowest BCUT2D eigenvalue weighted by Gasteiger charge is -2.33. The van der Waals surface area contributed by atoms with E-state index < -0.39 is 17.2 Å². The van der Waals surface area contributed by atoms with Crippen LogP contribution in [0.2, 0.25) is 10.0 Å². The fraction of sp³-hybridized carbons (Fsp3) is 0.292. The summed E-state index contributed by atoms with van der Waals surface area (Å²) in [7, 11) is 0. The summed E-state index contributed by atoms with van der Waals surface area (Å²) in [5.41, 5.74) is -0.169. The zero-order valence-corrected chi connectivity index (χ0v) is 20.7. The summed E-state index contributed by atoms with van der Waals surface area (Å²) in [6.45, 7) is 4.40. The van der Waals surface area contributed by atoms with E-state index in [0.29, 0.717) is 34.4 Å². The first kappa shape index (κ1) is 24.7. The maximum atomic E-state index is 13.4. The average Bonchev–Trinajstić information content (AvgIpc) is 2.83. The van der Waals surface area contributed by atoms with Gasteiger partial charge in [0.05, 0.1) is 12.2 Å². The SMILES string of the molecule is CC(=O)N1CCN(C(=O)c2nn(-c3ccc(C)c(Cl)c3)c(=O)n(Cc3cccc(Cl)c3)c2=O)CC1. The van der Waals surface area contributed by atoms with Gasteiger partial charge in [-0.25, -0.2) is 4.79 Å². The van der Waals surface area contributed by atoms with E-state index in [4.69, 9.17) is 23.2 Å². The van der Waals surface area contributed by atoms with Gasteiger partial charge in [0.15, 0.2) is 0 Å². The van der Waals surface area contributed by atoms with E-state index in [1.165, 1.54) is 11.8 Å². The summed E-state index contributed by atoms with van der Waals surface area (Å²) in [5, 5.41) is 5.04. The molecule has 0 bridgehead atoms. The molecule has 35 heavy (non-hydrogen) atoms. The lowest BCUT2D eigenvalue weighted by Crippen LogP contribution is -2.52. The van der Waals surface area contributed by atoms with Crippen LogP contribution in [0.3, 0.4) is 0 Å². The maximum absolute atomic E-state index is 13.4. The number of hydrogen-bond acceptors (Lipinski definition) is 5. The first-order chi connectivity index (χ1) is 16.7. The monoisotopic (exact) mass is 515 g/mol. The second-order valence-electron chi connectivity index (χ2n) is 8.30. The Bertz CT molecular complexity index is 1420. The molecule has 1 aliphatic rings. The van der Waals surface area contributed by atoms with Crippen molar-refractivity contribution in [3.63, 3.8) is 0 Å². The molecular formula is C24H23Cl2N5O4. The molecule has 3 aromatic rings. The van der Waals surface area contributed by atoms with Crippen LogP contribution in [-0.4, -0.2) is 62.1 Å². The Kier molecular flexibility index (Phi) is 7.09. The van der Waals surface area contributed by atoms with Gasteiger partial charge in [0, 0.05) is 43.1 Å². The molecule has 0 spiro atoms. The van der Waals surface area contributed by atoms with Crippen LogP contribution in [0, 0.1) is 6.92 Å². The topological polar surface area (TPSA) is 97.5 Å². The van der Waals surface area contributed by atoms with E-state index in [0.717, 1.165) is 14.8 Å². The molecule has 1 aromatic heterocycles. The van der Waals surface area contributed by atoms with Crippen molar-refractivity contribution in [2.45, 2.75) is 20.4 Å². The molecule has 2 aromatic carbocycles. The number of halogens is 2. The molecule has 2 heterocycles. The van der Waals surface area contributed by atoms with Crippen molar-refractivity contribution in [2.24, 2.45) is 0 Å². The van der Waals surface area contributed by atoms with E-state index in [1.807, 2.05) is 6.92 Å². The number of carbonyl (C=O) groups excluding carboxylic acids is 2. The third-order valence-corrected chi connectivity index (χ3v) is 6.55. The van der Waals surface area contributed by atoms with Crippen LogP contribution in [0.15, 0.2) is 52.1 Å². The van der Waals surface area contributed by atoms with Crippen molar-refractivity contribution < 1.29 is 9.59 Å². The number of piperazine rings is 1. The minimum Gasteiger partial charge on any atom is -0.339 e. The molecule has 0 saturated carbocycles. The van der Waals surface area contributed by atoms with Crippen molar-refractivity contribution in [1.82, 2.24) is 24.1 Å². The molecule has 1 fully saturated rings. The first-order valence-electron chi connectivity index (χ1n) is 11.0. The molecule has 0 radical (unpaired) electrons. The lowest BCUT2D eigenvalue weighted by molar-refractivity contribution is -0.130. The van der Waals surface area contributed by atoms with Crippen molar-refractivity contribution in [3.05, 3.63) is 90.2 Å². The Balaban J connectivity index is 1.81. The van der Waals surface area contributed by atoms with Gasteiger partial charge in [-0.1, -0.05) is 41.4 Å². The van der Waals surface area contributed by atoms with Crippen molar-refractivity contribution in [3.8, 4) is 5.69 Å². The summed E-state index contributed by atoms with van der Waals surface area (Å²) < 4.78 is 1.97. The molecule has 9 nitrogen and oxygen atoms in total. The summed E-state index contributed by atoms with van der Waals surface area (Å²) in [5.74, 6) is -0.686. The molecule has 2 amide bonds. The third kappa shape index (κ3) is 5.16. The zero-order chi connectivity index (χ0) is 25.3. The number of nitrogens with zero attached hydrogens (tertiary/aromatic N) is 5. The molecular weight excluding hydrogens is 493 g/mol. The van der Waals surface area contributed by atoms with Gasteiger partial charge in [-0.15, -0.1) is 0 Å². The Hall–Kier alpha value is -3.43. The van der Waals surface area contributed by atoms with Gasteiger partial charge in [-0.05, 0) is 42.3 Å². The molecule has 1 saturated heterocycles. The van der Waals surface area contributed by atoms with E-state index in [-0.39, 0.29) is 31.2 Å². The molecule has 0 aliphatic carbocycles. The van der Waals surface area contributed by atoms with E-state index in [1.54, 1.807) is 47.4 Å². The van der Waals surface area contributed by atoms with Gasteiger partial charge in [0.25, 0.3) is 11.5 Å². The summed E-state index contributed by atoms with van der Waals surface area (Å²) in [6, 6.07) is 11.7. The van der Waals surface area contributed by atoms with Crippen LogP contribution >= 0.6 is 23.2 Å². The van der Waals surface area contributed by atoms with Crippen LogP contribution in [0.5, 0.6) is 0 Å². The van der Waals surface area contributed by atoms with E-state index >= 15 is 0 Å². The molecule has 182 valence electrons. The number of benzene rings is 2. The largest absolute Gasteiger partial charge is 0.352 e. The Morgan fingerprint density at radius 3 is 2.29 bits per heavy atom. The van der Waals surface area contributed by atoms with E-state index in [9.17, 15) is 19.2 Å². The second kappa shape index (κ2) is 10.1. The van der Waals surface area contributed by atoms with Crippen molar-refractivity contribution in [1.29, 1.82) is 0 Å². The second-order valence-corrected chi connectivity index (χ2v) is 9.14. The molecule has 0 N–H and O–H groups in total. The van der Waals surface area contributed by atoms with Crippen molar-refractivity contribution in [2.75, 3.05) is 26.2 Å². The molecule has 0 unspecified atom stereocenters. The predicted molar refractivity (Wildman–Crippen MR) is 133 cm³/mol. The number of aromatic nitrogens is 3. The summed E-state index contributed by atoms with van der Waals surface area (Å²) in [6.07, 6.45) is 0. The highest BCUT2D eigenvalue weighted by atomic mass is 35.5. The normalized spacial score (nSPS) is 13.7. The predicted octanol–water partition coefficient (Wildman–Crippen LogP) is 2.36. The standard InChI is InChI=1S/C24H23Cl2N5O4/c1-15-6-7-19(13-20(15)26)31-24(35)30(14-17-4-3-5-18(25)12-17)23(34)21(27-31)22(33)29-10-8-28(9-11-29)16(2)32/h3-7,12-13H,8-11,14H2,1-2H3. The highest BCUT2D eigenvalue weighted by molar-refractivity contribution is 6.31. The molecule has 4 rings (SSSR count). The third-order valence-electron chi connectivity index (χ3n) is 5.90. The number of hydrogen-bond donors (Lipinski definition) is 0. The van der Waals surface area contributed by atoms with Crippen LogP contribution < -0.4 is 11.2 Å². The minimum atomic E-state index is -0.802. The minimum absolute atomic E-state index is 0.0797. The highest BCUT2D eigenvalue weighted by Crippen LogP contribution is 2.18. The van der Waals surface area contributed by atoms with Gasteiger partial charge < -0.3 is 9.80 Å². The Morgan fingerprint density at radius 2 is 1.66 bits per heavy atom. The zero-order valence-electron chi connectivity index (χ0n) is 19.2. The van der Waals surface area contributed by atoms with Gasteiger partial charge in [-0.2, -0.15) is 9.78 Å².